The van der Waals surface area contributed by atoms with Crippen LogP contribution in [0.15, 0.2) is 78.3 Å². The van der Waals surface area contributed by atoms with Gasteiger partial charge >= 0.3 is 0 Å². The lowest BCUT2D eigenvalue weighted by Crippen LogP contribution is -2.36. The van der Waals surface area contributed by atoms with E-state index in [-0.39, 0.29) is 12.2 Å². The van der Waals surface area contributed by atoms with Crippen molar-refractivity contribution in [3.05, 3.63) is 89.4 Å². The third-order valence-electron chi connectivity index (χ3n) is 4.82. The van der Waals surface area contributed by atoms with Crippen LogP contribution < -0.4 is 11.1 Å². The van der Waals surface area contributed by atoms with Crippen LogP contribution in [0.3, 0.4) is 0 Å². The minimum atomic E-state index is 0.0153. The maximum absolute atomic E-state index is 6.19. The molecule has 0 amide bonds. The highest BCUT2D eigenvalue weighted by Crippen LogP contribution is 2.34. The zero-order valence-corrected chi connectivity index (χ0v) is 13.9. The zero-order chi connectivity index (χ0) is 16.5. The molecule has 2 aliphatic heterocycles. The summed E-state index contributed by atoms with van der Waals surface area (Å²) < 4.78 is 0. The molecule has 0 bridgehead atoms. The van der Waals surface area contributed by atoms with E-state index in [9.17, 15) is 0 Å². The van der Waals surface area contributed by atoms with E-state index in [1.807, 2.05) is 6.92 Å². The van der Waals surface area contributed by atoms with Crippen LogP contribution in [0.5, 0.6) is 0 Å². The van der Waals surface area contributed by atoms with E-state index in [0.29, 0.717) is 0 Å². The second-order valence-electron chi connectivity index (χ2n) is 6.54. The summed E-state index contributed by atoms with van der Waals surface area (Å²) in [5.41, 5.74) is 12.5. The minimum absolute atomic E-state index is 0.0153. The molecule has 24 heavy (non-hydrogen) atoms. The Morgan fingerprint density at radius 1 is 1.21 bits per heavy atom. The topological polar surface area (TPSA) is 41.3 Å². The molecule has 3 heteroatoms. The fourth-order valence-electron chi connectivity index (χ4n) is 3.58. The highest BCUT2D eigenvalue weighted by Gasteiger charge is 2.30. The van der Waals surface area contributed by atoms with E-state index in [1.54, 1.807) is 0 Å². The van der Waals surface area contributed by atoms with Crippen molar-refractivity contribution in [3.8, 4) is 0 Å². The van der Waals surface area contributed by atoms with Crippen molar-refractivity contribution in [2.24, 2.45) is 5.73 Å². The molecule has 0 fully saturated rings. The highest BCUT2D eigenvalue weighted by atomic mass is 15.3. The van der Waals surface area contributed by atoms with E-state index in [1.165, 1.54) is 28.0 Å². The molecule has 3 N–H and O–H groups in total. The molecule has 2 heterocycles. The largest absolute Gasteiger partial charge is 0.360 e. The fourth-order valence-corrected chi connectivity index (χ4v) is 3.58. The Bertz CT molecular complexity index is 793. The van der Waals surface area contributed by atoms with Crippen molar-refractivity contribution in [3.63, 3.8) is 0 Å². The first-order valence-electron chi connectivity index (χ1n) is 8.59. The van der Waals surface area contributed by atoms with Crippen molar-refractivity contribution in [1.82, 2.24) is 10.2 Å². The van der Waals surface area contributed by atoms with Crippen LogP contribution in [-0.4, -0.2) is 11.1 Å². The number of allylic oxidation sites excluding steroid dienone is 6. The standard InChI is InChI=1S/C21H23N3/c1-15(22)17-10-5-6-11-18(17)19-12-7-13-24-14-20(23-21(19)24)16-8-3-2-4-9-16/h2-3,5-8,10-15,21,23H,4,9,22H2,1H3/t15-,21?/m0/s1. The summed E-state index contributed by atoms with van der Waals surface area (Å²) in [7, 11) is 0. The van der Waals surface area contributed by atoms with Gasteiger partial charge in [0.15, 0.2) is 0 Å². The molecule has 0 spiro atoms. The van der Waals surface area contributed by atoms with Crippen LogP contribution in [-0.2, 0) is 0 Å². The maximum atomic E-state index is 6.19. The number of benzene rings is 1. The Balaban J connectivity index is 1.67. The smallest absolute Gasteiger partial charge is 0.130 e. The summed E-state index contributed by atoms with van der Waals surface area (Å²) in [6.45, 7) is 2.04. The van der Waals surface area contributed by atoms with Crippen LogP contribution in [0.4, 0.5) is 0 Å². The van der Waals surface area contributed by atoms with E-state index >= 15 is 0 Å². The molecular weight excluding hydrogens is 294 g/mol. The Hall–Kier alpha value is -2.52. The average molecular weight is 317 g/mol. The Morgan fingerprint density at radius 2 is 2.08 bits per heavy atom. The molecule has 1 unspecified atom stereocenters. The minimum Gasteiger partial charge on any atom is -0.360 e. The monoisotopic (exact) mass is 317 g/mol. The molecule has 122 valence electrons. The fraction of sp³-hybridized carbons (Fsp3) is 0.238. The molecule has 4 rings (SSSR count). The van der Waals surface area contributed by atoms with E-state index in [0.717, 1.165) is 12.8 Å². The van der Waals surface area contributed by atoms with Crippen molar-refractivity contribution in [1.29, 1.82) is 0 Å². The quantitative estimate of drug-likeness (QED) is 0.886. The molecular formula is C21H23N3. The first-order chi connectivity index (χ1) is 11.7. The van der Waals surface area contributed by atoms with Gasteiger partial charge < -0.3 is 16.0 Å². The van der Waals surface area contributed by atoms with Crippen molar-refractivity contribution in [2.75, 3.05) is 0 Å². The van der Waals surface area contributed by atoms with Gasteiger partial charge in [-0.25, -0.2) is 0 Å². The van der Waals surface area contributed by atoms with Gasteiger partial charge in [0.25, 0.3) is 0 Å². The highest BCUT2D eigenvalue weighted by molar-refractivity contribution is 5.75. The van der Waals surface area contributed by atoms with Gasteiger partial charge in [-0.05, 0) is 42.5 Å². The van der Waals surface area contributed by atoms with Gasteiger partial charge in [0, 0.05) is 24.0 Å². The van der Waals surface area contributed by atoms with Crippen molar-refractivity contribution < 1.29 is 0 Å². The number of nitrogens with two attached hydrogens (primary N) is 1. The summed E-state index contributed by atoms with van der Waals surface area (Å²) in [6, 6.07) is 8.46. The second kappa shape index (κ2) is 6.17. The number of fused-ring (bicyclic) bond motifs is 1. The predicted molar refractivity (Wildman–Crippen MR) is 99.5 cm³/mol. The number of rotatable bonds is 3. The lowest BCUT2D eigenvalue weighted by atomic mass is 9.92. The maximum Gasteiger partial charge on any atom is 0.130 e. The second-order valence-corrected chi connectivity index (χ2v) is 6.54. The van der Waals surface area contributed by atoms with Crippen molar-refractivity contribution >= 4 is 5.57 Å². The molecule has 0 saturated carbocycles. The van der Waals surface area contributed by atoms with Crippen LogP contribution >= 0.6 is 0 Å². The number of hydrogen-bond acceptors (Lipinski definition) is 3. The average Bonchev–Trinajstić information content (AvgIpc) is 3.06. The summed E-state index contributed by atoms with van der Waals surface area (Å²) in [6.07, 6.45) is 17.6. The Morgan fingerprint density at radius 3 is 2.88 bits per heavy atom. The van der Waals surface area contributed by atoms with Gasteiger partial charge in [0.2, 0.25) is 0 Å². The third-order valence-corrected chi connectivity index (χ3v) is 4.82. The SMILES string of the molecule is C[C@H](N)c1ccccc1C1=CC=CN2C=C(C3=CC=CCC3)NC12. The van der Waals surface area contributed by atoms with Gasteiger partial charge in [0.1, 0.15) is 6.17 Å². The molecule has 1 aromatic carbocycles. The first kappa shape index (κ1) is 15.0. The molecule has 2 atom stereocenters. The number of hydrogen-bond donors (Lipinski definition) is 2. The molecule has 0 radical (unpaired) electrons. The summed E-state index contributed by atoms with van der Waals surface area (Å²) >= 11 is 0. The van der Waals surface area contributed by atoms with E-state index < -0.39 is 0 Å². The van der Waals surface area contributed by atoms with Gasteiger partial charge in [-0.1, -0.05) is 48.6 Å². The molecule has 1 aromatic rings. The zero-order valence-electron chi connectivity index (χ0n) is 13.9. The molecule has 0 aromatic heterocycles. The lowest BCUT2D eigenvalue weighted by Gasteiger charge is -2.29. The summed E-state index contributed by atoms with van der Waals surface area (Å²) in [4.78, 5) is 2.25. The van der Waals surface area contributed by atoms with Gasteiger partial charge in [-0.2, -0.15) is 0 Å². The normalized spacial score (nSPS) is 23.2. The van der Waals surface area contributed by atoms with Crippen LogP contribution in [0.25, 0.3) is 5.57 Å². The van der Waals surface area contributed by atoms with Crippen LogP contribution in [0.1, 0.15) is 36.9 Å². The molecule has 3 aliphatic rings. The molecule has 1 aliphatic carbocycles. The molecule has 3 nitrogen and oxygen atoms in total. The van der Waals surface area contributed by atoms with E-state index in [2.05, 4.69) is 77.3 Å². The van der Waals surface area contributed by atoms with Gasteiger partial charge in [-0.3, -0.25) is 0 Å². The summed E-state index contributed by atoms with van der Waals surface area (Å²) in [5, 5.41) is 3.70. The Labute approximate surface area is 143 Å². The lowest BCUT2D eigenvalue weighted by molar-refractivity contribution is 0.436. The number of nitrogens with zero attached hydrogens (tertiary/aromatic N) is 1. The predicted octanol–water partition coefficient (Wildman–Crippen LogP) is 3.97. The van der Waals surface area contributed by atoms with Crippen LogP contribution in [0.2, 0.25) is 0 Å². The van der Waals surface area contributed by atoms with Gasteiger partial charge in [0.05, 0.1) is 5.70 Å². The van der Waals surface area contributed by atoms with Crippen molar-refractivity contribution in [2.45, 2.75) is 32.0 Å². The molecule has 0 saturated heterocycles. The third kappa shape index (κ3) is 2.61. The number of nitrogens with one attached hydrogen (secondary N) is 1. The summed E-state index contributed by atoms with van der Waals surface area (Å²) in [5.74, 6) is 0. The van der Waals surface area contributed by atoms with Crippen LogP contribution in [0, 0.1) is 0 Å². The first-order valence-corrected chi connectivity index (χ1v) is 8.59. The Kier molecular flexibility index (Phi) is 3.87. The van der Waals surface area contributed by atoms with Gasteiger partial charge in [-0.15, -0.1) is 0 Å². The van der Waals surface area contributed by atoms with E-state index in [4.69, 9.17) is 5.73 Å².